The second-order valence-electron chi connectivity index (χ2n) is 9.15. The van der Waals surface area contributed by atoms with E-state index in [1.165, 1.54) is 18.6 Å². The van der Waals surface area contributed by atoms with E-state index in [1.54, 1.807) is 18.2 Å². The molecule has 0 saturated heterocycles. The average molecular weight is 451 g/mol. The molecule has 0 N–H and O–H groups in total. The van der Waals surface area contributed by atoms with Gasteiger partial charge in [-0.15, -0.1) is 0 Å². The molecule has 4 heteroatoms. The molecule has 0 aliphatic heterocycles. The summed E-state index contributed by atoms with van der Waals surface area (Å²) in [6.45, 7) is 6.73. The third-order valence-corrected chi connectivity index (χ3v) is 7.06. The summed E-state index contributed by atoms with van der Waals surface area (Å²) < 4.78 is 40.5. The fourth-order valence-electron chi connectivity index (χ4n) is 5.43. The summed E-state index contributed by atoms with van der Waals surface area (Å²) >= 11 is 0. The summed E-state index contributed by atoms with van der Waals surface area (Å²) in [5.74, 6) is 7.11. The van der Waals surface area contributed by atoms with Crippen LogP contribution in [0.4, 0.5) is 8.78 Å². The Morgan fingerprint density at radius 3 is 2.55 bits per heavy atom. The molecule has 2 aromatic rings. The molecule has 2 aliphatic carbocycles. The van der Waals surface area contributed by atoms with E-state index in [9.17, 15) is 4.39 Å². The van der Waals surface area contributed by atoms with Gasteiger partial charge in [-0.3, -0.25) is 0 Å². The van der Waals surface area contributed by atoms with Crippen molar-refractivity contribution in [1.29, 1.82) is 0 Å². The zero-order valence-electron chi connectivity index (χ0n) is 19.3. The lowest BCUT2D eigenvalue weighted by atomic mass is 9.65. The van der Waals surface area contributed by atoms with Gasteiger partial charge in [-0.05, 0) is 93.0 Å². The normalized spacial score (nSPS) is 24.3. The molecule has 0 heterocycles. The highest BCUT2D eigenvalue weighted by Gasteiger charge is 2.36. The molecule has 4 rings (SSSR count). The summed E-state index contributed by atoms with van der Waals surface area (Å²) in [6.07, 6.45) is 8.68. The molecule has 0 radical (unpaired) electrons. The molecule has 2 fully saturated rings. The SMILES string of the molecule is C=CCOc1ccc(C#Cc2ccc(C3CCC4CC(OCC)CCC4C3)c(F)c2)c(F)c1. The van der Waals surface area contributed by atoms with E-state index in [4.69, 9.17) is 9.47 Å². The van der Waals surface area contributed by atoms with Gasteiger partial charge < -0.3 is 9.47 Å². The van der Waals surface area contributed by atoms with Crippen LogP contribution in [-0.2, 0) is 4.74 Å². The van der Waals surface area contributed by atoms with Crippen LogP contribution in [0.5, 0.6) is 5.75 Å². The molecule has 2 aromatic carbocycles. The Hall–Kier alpha value is -2.64. The van der Waals surface area contributed by atoms with Crippen molar-refractivity contribution in [3.63, 3.8) is 0 Å². The van der Waals surface area contributed by atoms with Gasteiger partial charge in [0.1, 0.15) is 24.0 Å². The number of benzene rings is 2. The van der Waals surface area contributed by atoms with E-state index in [0.717, 1.165) is 44.3 Å². The van der Waals surface area contributed by atoms with Crippen LogP contribution in [0.2, 0.25) is 0 Å². The van der Waals surface area contributed by atoms with Crippen molar-refractivity contribution in [1.82, 2.24) is 0 Å². The minimum absolute atomic E-state index is 0.207. The highest BCUT2D eigenvalue weighted by atomic mass is 19.1. The molecule has 0 amide bonds. The van der Waals surface area contributed by atoms with E-state index in [0.29, 0.717) is 35.9 Å². The number of hydrogen-bond acceptors (Lipinski definition) is 2. The van der Waals surface area contributed by atoms with Gasteiger partial charge in [-0.25, -0.2) is 8.78 Å². The van der Waals surface area contributed by atoms with Crippen LogP contribution in [-0.4, -0.2) is 19.3 Å². The first-order chi connectivity index (χ1) is 16.1. The third-order valence-electron chi connectivity index (χ3n) is 7.06. The van der Waals surface area contributed by atoms with Gasteiger partial charge in [-0.1, -0.05) is 30.6 Å². The molecule has 33 heavy (non-hydrogen) atoms. The van der Waals surface area contributed by atoms with Crippen molar-refractivity contribution < 1.29 is 18.3 Å². The Morgan fingerprint density at radius 2 is 1.79 bits per heavy atom. The molecule has 2 saturated carbocycles. The molecular weight excluding hydrogens is 418 g/mol. The van der Waals surface area contributed by atoms with Gasteiger partial charge in [0.15, 0.2) is 0 Å². The highest BCUT2D eigenvalue weighted by molar-refractivity contribution is 5.46. The minimum atomic E-state index is -0.461. The minimum Gasteiger partial charge on any atom is -0.489 e. The van der Waals surface area contributed by atoms with Crippen LogP contribution < -0.4 is 4.74 Å². The zero-order valence-corrected chi connectivity index (χ0v) is 19.3. The number of halogens is 2. The van der Waals surface area contributed by atoms with Crippen molar-refractivity contribution in [3.8, 4) is 17.6 Å². The largest absolute Gasteiger partial charge is 0.489 e. The lowest BCUT2D eigenvalue weighted by molar-refractivity contribution is -0.00968. The molecule has 174 valence electrons. The van der Waals surface area contributed by atoms with Crippen LogP contribution in [0, 0.1) is 35.3 Å². The summed E-state index contributed by atoms with van der Waals surface area (Å²) in [7, 11) is 0. The van der Waals surface area contributed by atoms with Crippen molar-refractivity contribution in [2.75, 3.05) is 13.2 Å². The molecule has 4 atom stereocenters. The Labute approximate surface area is 196 Å². The Kier molecular flexibility index (Phi) is 7.83. The van der Waals surface area contributed by atoms with Crippen LogP contribution in [0.1, 0.15) is 68.1 Å². The molecular formula is C29H32F2O2. The Balaban J connectivity index is 1.41. The predicted molar refractivity (Wildman–Crippen MR) is 127 cm³/mol. The molecule has 0 bridgehead atoms. The summed E-state index contributed by atoms with van der Waals surface area (Å²) in [5, 5.41) is 0. The standard InChI is InChI=1S/C29H32F2O2/c1-3-15-33-26-12-10-21(28(30)19-26)7-5-20-6-14-27(29(31)16-20)24-9-8-23-18-25(32-4-2)13-11-22(23)17-24/h3,6,10,12,14,16,19,22-25H,1,4,8-9,11,13,15,17-18H2,2H3. The van der Waals surface area contributed by atoms with Crippen LogP contribution in [0.25, 0.3) is 0 Å². The second-order valence-corrected chi connectivity index (χ2v) is 9.15. The third kappa shape index (κ3) is 5.84. The van der Waals surface area contributed by atoms with E-state index in [2.05, 4.69) is 25.3 Å². The topological polar surface area (TPSA) is 18.5 Å². The fraction of sp³-hybridized carbons (Fsp3) is 0.448. The zero-order chi connectivity index (χ0) is 23.2. The van der Waals surface area contributed by atoms with Gasteiger partial charge in [0, 0.05) is 18.2 Å². The van der Waals surface area contributed by atoms with Crippen LogP contribution in [0.3, 0.4) is 0 Å². The smallest absolute Gasteiger partial charge is 0.142 e. The quantitative estimate of drug-likeness (QED) is 0.348. The molecule has 4 unspecified atom stereocenters. The van der Waals surface area contributed by atoms with E-state index >= 15 is 4.39 Å². The maximum absolute atomic E-state index is 15.0. The number of rotatable bonds is 6. The molecule has 0 aromatic heterocycles. The number of hydrogen-bond donors (Lipinski definition) is 0. The molecule has 2 nitrogen and oxygen atoms in total. The summed E-state index contributed by atoms with van der Waals surface area (Å²) in [5.41, 5.74) is 1.60. The summed E-state index contributed by atoms with van der Waals surface area (Å²) in [4.78, 5) is 0. The first-order valence-corrected chi connectivity index (χ1v) is 12.0. The Morgan fingerprint density at radius 1 is 0.970 bits per heavy atom. The highest BCUT2D eigenvalue weighted by Crippen LogP contribution is 2.47. The predicted octanol–water partition coefficient (Wildman–Crippen LogP) is 7.02. The maximum Gasteiger partial charge on any atom is 0.142 e. The second kappa shape index (κ2) is 11.0. The summed E-state index contributed by atoms with van der Waals surface area (Å²) in [6, 6.07) is 9.75. The van der Waals surface area contributed by atoms with Gasteiger partial charge in [-0.2, -0.15) is 0 Å². The van der Waals surface area contributed by atoms with Crippen LogP contribution >= 0.6 is 0 Å². The van der Waals surface area contributed by atoms with Gasteiger partial charge in [0.2, 0.25) is 0 Å². The lowest BCUT2D eigenvalue weighted by Crippen LogP contribution is -2.33. The van der Waals surface area contributed by atoms with E-state index < -0.39 is 5.82 Å². The Bertz CT molecular complexity index is 1040. The van der Waals surface area contributed by atoms with E-state index in [-0.39, 0.29) is 17.3 Å². The lowest BCUT2D eigenvalue weighted by Gasteiger charge is -2.42. The van der Waals surface area contributed by atoms with Crippen LogP contribution in [0.15, 0.2) is 49.1 Å². The van der Waals surface area contributed by atoms with Gasteiger partial charge in [0.25, 0.3) is 0 Å². The average Bonchev–Trinajstić information content (AvgIpc) is 2.82. The van der Waals surface area contributed by atoms with Crippen molar-refractivity contribution in [2.24, 2.45) is 11.8 Å². The van der Waals surface area contributed by atoms with Crippen molar-refractivity contribution >= 4 is 0 Å². The van der Waals surface area contributed by atoms with E-state index in [1.807, 2.05) is 12.1 Å². The number of ether oxygens (including phenoxy) is 2. The van der Waals surface area contributed by atoms with Crippen molar-refractivity contribution in [2.45, 2.75) is 57.5 Å². The number of fused-ring (bicyclic) bond motifs is 1. The monoisotopic (exact) mass is 450 g/mol. The first-order valence-electron chi connectivity index (χ1n) is 12.0. The van der Waals surface area contributed by atoms with Crippen molar-refractivity contribution in [3.05, 3.63) is 77.4 Å². The first kappa shape index (κ1) is 23.5. The molecule has 0 spiro atoms. The maximum atomic E-state index is 15.0. The molecule has 2 aliphatic rings. The fourth-order valence-corrected chi connectivity index (χ4v) is 5.43. The van der Waals surface area contributed by atoms with Gasteiger partial charge in [0.05, 0.1) is 11.7 Å². The van der Waals surface area contributed by atoms with Gasteiger partial charge >= 0.3 is 0 Å².